The lowest BCUT2D eigenvalue weighted by molar-refractivity contribution is -0.453. The van der Waals surface area contributed by atoms with Crippen molar-refractivity contribution in [3.05, 3.63) is 34.9 Å². The number of hydrogen-bond donors (Lipinski definition) is 0. The van der Waals surface area contributed by atoms with E-state index in [1.54, 1.807) is 19.1 Å². The summed E-state index contributed by atoms with van der Waals surface area (Å²) in [6.07, 6.45) is 11.2. The molecule has 0 bridgehead atoms. The molecular weight excluding hydrogens is 360 g/mol. The SMILES string of the molecule is Cc1ccc(C(=O)OOOC(=O)OC2CCCCCCCCCCC2)c(C)c1. The van der Waals surface area contributed by atoms with Crippen LogP contribution in [0.4, 0.5) is 4.79 Å². The first-order valence-corrected chi connectivity index (χ1v) is 10.4. The summed E-state index contributed by atoms with van der Waals surface area (Å²) < 4.78 is 5.34. The highest BCUT2D eigenvalue weighted by Gasteiger charge is 2.18. The summed E-state index contributed by atoms with van der Waals surface area (Å²) in [7, 11) is 0. The standard InChI is InChI=1S/C22H32O6/c1-17-14-15-20(18(2)16-17)21(23)26-28-27-22(24)25-19-12-10-8-6-4-3-5-7-9-11-13-19/h14-16,19H,3-13H2,1-2H3. The third kappa shape index (κ3) is 8.30. The molecule has 0 aliphatic heterocycles. The zero-order chi connectivity index (χ0) is 20.2. The molecule has 2 rings (SSSR count). The molecule has 28 heavy (non-hydrogen) atoms. The fourth-order valence-electron chi connectivity index (χ4n) is 3.56. The van der Waals surface area contributed by atoms with E-state index in [0.717, 1.165) is 49.7 Å². The largest absolute Gasteiger partial charge is 0.543 e. The summed E-state index contributed by atoms with van der Waals surface area (Å²) in [5.74, 6) is -0.726. The molecule has 0 spiro atoms. The zero-order valence-corrected chi connectivity index (χ0v) is 17.0. The van der Waals surface area contributed by atoms with E-state index < -0.39 is 12.1 Å². The van der Waals surface area contributed by atoms with E-state index in [4.69, 9.17) is 4.74 Å². The molecular formula is C22H32O6. The molecule has 6 nitrogen and oxygen atoms in total. The molecule has 1 aliphatic carbocycles. The highest BCUT2D eigenvalue weighted by atomic mass is 17.5. The van der Waals surface area contributed by atoms with Crippen LogP contribution in [0.3, 0.4) is 0 Å². The Morgan fingerprint density at radius 2 is 1.39 bits per heavy atom. The van der Waals surface area contributed by atoms with Crippen LogP contribution >= 0.6 is 0 Å². The molecule has 6 heteroatoms. The second-order valence-electron chi connectivity index (χ2n) is 7.59. The Kier molecular flexibility index (Phi) is 9.83. The Bertz CT molecular complexity index is 615. The van der Waals surface area contributed by atoms with Gasteiger partial charge >= 0.3 is 12.1 Å². The number of aryl methyl sites for hydroxylation is 2. The lowest BCUT2D eigenvalue weighted by atomic mass is 9.99. The first kappa shape index (κ1) is 22.2. The van der Waals surface area contributed by atoms with Gasteiger partial charge in [-0.25, -0.2) is 14.5 Å². The van der Waals surface area contributed by atoms with E-state index in [1.165, 1.54) is 32.1 Å². The zero-order valence-electron chi connectivity index (χ0n) is 17.0. The van der Waals surface area contributed by atoms with E-state index >= 15 is 0 Å². The third-order valence-corrected chi connectivity index (χ3v) is 5.13. The molecule has 1 aromatic carbocycles. The van der Waals surface area contributed by atoms with Crippen molar-refractivity contribution in [3.8, 4) is 0 Å². The van der Waals surface area contributed by atoms with Crippen molar-refractivity contribution in [1.29, 1.82) is 0 Å². The smallest absolute Gasteiger partial charge is 0.429 e. The van der Waals surface area contributed by atoms with Crippen molar-refractivity contribution in [1.82, 2.24) is 0 Å². The number of rotatable bonds is 4. The van der Waals surface area contributed by atoms with Crippen molar-refractivity contribution in [3.63, 3.8) is 0 Å². The van der Waals surface area contributed by atoms with E-state index in [2.05, 4.69) is 14.8 Å². The minimum absolute atomic E-state index is 0.189. The van der Waals surface area contributed by atoms with Gasteiger partial charge in [0.1, 0.15) is 6.10 Å². The Balaban J connectivity index is 1.72. The second kappa shape index (κ2) is 12.4. The first-order valence-electron chi connectivity index (χ1n) is 10.4. The maximum atomic E-state index is 12.0. The van der Waals surface area contributed by atoms with Crippen molar-refractivity contribution >= 4 is 12.1 Å². The molecule has 1 saturated carbocycles. The minimum Gasteiger partial charge on any atom is -0.429 e. The van der Waals surface area contributed by atoms with E-state index in [0.29, 0.717) is 5.56 Å². The molecule has 0 atom stereocenters. The molecule has 156 valence electrons. The Hall–Kier alpha value is -2.08. The molecule has 0 amide bonds. The fraction of sp³-hybridized carbons (Fsp3) is 0.636. The molecule has 1 aliphatic rings. The van der Waals surface area contributed by atoms with E-state index in [-0.39, 0.29) is 6.10 Å². The summed E-state index contributed by atoms with van der Waals surface area (Å²) in [4.78, 5) is 32.9. The molecule has 0 unspecified atom stereocenters. The van der Waals surface area contributed by atoms with Gasteiger partial charge in [0.2, 0.25) is 0 Å². The topological polar surface area (TPSA) is 71.1 Å². The van der Waals surface area contributed by atoms with Gasteiger partial charge in [0.25, 0.3) is 0 Å². The Morgan fingerprint density at radius 3 is 1.96 bits per heavy atom. The lowest BCUT2D eigenvalue weighted by Crippen LogP contribution is -2.20. The van der Waals surface area contributed by atoms with Gasteiger partial charge in [-0.1, -0.05) is 62.6 Å². The van der Waals surface area contributed by atoms with Crippen LogP contribution in [0, 0.1) is 13.8 Å². The van der Waals surface area contributed by atoms with E-state index in [1.807, 2.05) is 13.0 Å². The first-order chi connectivity index (χ1) is 13.6. The van der Waals surface area contributed by atoms with Crippen LogP contribution in [0.1, 0.15) is 92.1 Å². The number of carbonyl (C=O) groups excluding carboxylic acids is 2. The Labute approximate surface area is 167 Å². The highest BCUT2D eigenvalue weighted by Crippen LogP contribution is 2.19. The molecule has 0 aromatic heterocycles. The predicted octanol–water partition coefficient (Wildman–Crippen LogP) is 6.13. The Morgan fingerprint density at radius 1 is 0.821 bits per heavy atom. The maximum Gasteiger partial charge on any atom is 0.543 e. The average molecular weight is 392 g/mol. The molecule has 1 fully saturated rings. The van der Waals surface area contributed by atoms with Gasteiger partial charge in [-0.2, -0.15) is 0 Å². The van der Waals surface area contributed by atoms with Crippen LogP contribution in [0.25, 0.3) is 0 Å². The fourth-order valence-corrected chi connectivity index (χ4v) is 3.56. The molecule has 0 saturated heterocycles. The summed E-state index contributed by atoms with van der Waals surface area (Å²) in [5, 5.41) is 4.35. The van der Waals surface area contributed by atoms with Crippen LogP contribution in [0.15, 0.2) is 18.2 Å². The van der Waals surface area contributed by atoms with Gasteiger partial charge in [0.05, 0.1) is 10.6 Å². The summed E-state index contributed by atoms with van der Waals surface area (Å²) in [6.45, 7) is 3.72. The summed E-state index contributed by atoms with van der Waals surface area (Å²) in [6, 6.07) is 5.29. The molecule has 0 radical (unpaired) electrons. The van der Waals surface area contributed by atoms with Crippen LogP contribution in [-0.4, -0.2) is 18.2 Å². The van der Waals surface area contributed by atoms with Crippen molar-refractivity contribution in [2.24, 2.45) is 0 Å². The van der Waals surface area contributed by atoms with Gasteiger partial charge in [-0.3, -0.25) is 4.89 Å². The van der Waals surface area contributed by atoms with Gasteiger partial charge in [-0.05, 0) is 51.2 Å². The van der Waals surface area contributed by atoms with Crippen molar-refractivity contribution < 1.29 is 29.1 Å². The minimum atomic E-state index is -0.981. The van der Waals surface area contributed by atoms with Gasteiger partial charge < -0.3 is 4.74 Å². The van der Waals surface area contributed by atoms with Crippen LogP contribution in [0.5, 0.6) is 0 Å². The van der Waals surface area contributed by atoms with Crippen LogP contribution in [-0.2, 0) is 19.6 Å². The summed E-state index contributed by atoms with van der Waals surface area (Å²) >= 11 is 0. The molecule has 1 aromatic rings. The van der Waals surface area contributed by atoms with Crippen LogP contribution in [0.2, 0.25) is 0 Å². The van der Waals surface area contributed by atoms with Gasteiger partial charge in [0, 0.05) is 0 Å². The molecule has 0 N–H and O–H groups in total. The highest BCUT2D eigenvalue weighted by molar-refractivity contribution is 5.90. The third-order valence-electron chi connectivity index (χ3n) is 5.13. The quantitative estimate of drug-likeness (QED) is 0.348. The normalized spacial score (nSPS) is 17.1. The lowest BCUT2D eigenvalue weighted by Gasteiger charge is -2.17. The maximum absolute atomic E-state index is 12.0. The number of benzene rings is 1. The predicted molar refractivity (Wildman–Crippen MR) is 105 cm³/mol. The van der Waals surface area contributed by atoms with Gasteiger partial charge in [0.15, 0.2) is 0 Å². The monoisotopic (exact) mass is 392 g/mol. The summed E-state index contributed by atoms with van der Waals surface area (Å²) in [5.41, 5.74) is 2.14. The van der Waals surface area contributed by atoms with Crippen LogP contribution < -0.4 is 0 Å². The average Bonchev–Trinajstić information content (AvgIpc) is 2.63. The number of ether oxygens (including phenoxy) is 1. The number of carbonyl (C=O) groups is 2. The number of hydrogen-bond acceptors (Lipinski definition) is 6. The second-order valence-corrected chi connectivity index (χ2v) is 7.59. The molecule has 0 heterocycles. The van der Waals surface area contributed by atoms with Crippen molar-refractivity contribution in [2.75, 3.05) is 0 Å². The van der Waals surface area contributed by atoms with Crippen molar-refractivity contribution in [2.45, 2.75) is 90.6 Å². The van der Waals surface area contributed by atoms with E-state index in [9.17, 15) is 9.59 Å². The van der Waals surface area contributed by atoms with Gasteiger partial charge in [-0.15, -0.1) is 0 Å².